The number of carbonyl (C=O) groups is 2. The predicted octanol–water partition coefficient (Wildman–Crippen LogP) is 2.69. The van der Waals surface area contributed by atoms with Crippen molar-refractivity contribution in [1.29, 1.82) is 0 Å². The molecule has 0 aliphatic carbocycles. The maximum absolute atomic E-state index is 12.6. The lowest BCUT2D eigenvalue weighted by molar-refractivity contribution is -0.128. The van der Waals surface area contributed by atoms with Gasteiger partial charge in [0.2, 0.25) is 0 Å². The lowest BCUT2D eigenvalue weighted by Crippen LogP contribution is -2.53. The van der Waals surface area contributed by atoms with Gasteiger partial charge in [-0.1, -0.05) is 19.1 Å². The molecule has 0 atom stereocenters. The summed E-state index contributed by atoms with van der Waals surface area (Å²) in [6.45, 7) is 8.78. The van der Waals surface area contributed by atoms with E-state index in [0.29, 0.717) is 30.3 Å². The zero-order valence-corrected chi connectivity index (χ0v) is 15.7. The second-order valence-electron chi connectivity index (χ2n) is 5.51. The summed E-state index contributed by atoms with van der Waals surface area (Å²) >= 11 is 5.04. The first-order valence-corrected chi connectivity index (χ1v) is 8.82. The maximum Gasteiger partial charge on any atom is 0.265 e. The van der Waals surface area contributed by atoms with Crippen LogP contribution in [0.2, 0.25) is 0 Å². The Hall–Kier alpha value is -2.67. The van der Waals surface area contributed by atoms with Crippen molar-refractivity contribution in [2.75, 3.05) is 19.8 Å². The van der Waals surface area contributed by atoms with Crippen LogP contribution in [0, 0.1) is 0 Å². The van der Waals surface area contributed by atoms with Crippen molar-refractivity contribution in [3.8, 4) is 11.5 Å². The first-order valence-electron chi connectivity index (χ1n) is 8.41. The van der Waals surface area contributed by atoms with E-state index in [4.69, 9.17) is 21.7 Å². The number of thiocarbonyl (C=S) groups is 1. The van der Waals surface area contributed by atoms with Crippen LogP contribution in [0.4, 0.5) is 0 Å². The van der Waals surface area contributed by atoms with E-state index in [-0.39, 0.29) is 17.2 Å². The third-order valence-corrected chi connectivity index (χ3v) is 3.86. The SMILES string of the molecule is C=CCN1C(=O)C(=Cc2ccc(OCCC)c(OCC)c2)C(=O)NC1=S. The molecular formula is C19H22N2O4S. The third-order valence-electron chi connectivity index (χ3n) is 3.54. The molecule has 2 rings (SSSR count). The van der Waals surface area contributed by atoms with Crippen LogP contribution in [0.5, 0.6) is 11.5 Å². The minimum Gasteiger partial charge on any atom is -0.490 e. The summed E-state index contributed by atoms with van der Waals surface area (Å²) in [7, 11) is 0. The molecule has 1 heterocycles. The Balaban J connectivity index is 2.35. The van der Waals surface area contributed by atoms with Gasteiger partial charge in [0.05, 0.1) is 13.2 Å². The van der Waals surface area contributed by atoms with E-state index in [0.717, 1.165) is 6.42 Å². The van der Waals surface area contributed by atoms with Gasteiger partial charge < -0.3 is 9.47 Å². The number of hydrogen-bond acceptors (Lipinski definition) is 5. The van der Waals surface area contributed by atoms with Crippen LogP contribution in [-0.2, 0) is 9.59 Å². The minimum atomic E-state index is -0.524. The van der Waals surface area contributed by atoms with E-state index in [1.54, 1.807) is 24.3 Å². The number of ether oxygens (including phenoxy) is 2. The van der Waals surface area contributed by atoms with Crippen molar-refractivity contribution in [1.82, 2.24) is 10.2 Å². The molecule has 0 radical (unpaired) electrons. The first kappa shape index (κ1) is 19.7. The van der Waals surface area contributed by atoms with Crippen molar-refractivity contribution in [3.05, 3.63) is 42.0 Å². The van der Waals surface area contributed by atoms with E-state index < -0.39 is 11.8 Å². The average Bonchev–Trinajstić information content (AvgIpc) is 2.61. The first-order chi connectivity index (χ1) is 12.5. The number of nitrogens with zero attached hydrogens (tertiary/aromatic N) is 1. The van der Waals surface area contributed by atoms with Gasteiger partial charge in [-0.15, -0.1) is 6.58 Å². The summed E-state index contributed by atoms with van der Waals surface area (Å²) in [6, 6.07) is 5.28. The van der Waals surface area contributed by atoms with Gasteiger partial charge in [0, 0.05) is 6.54 Å². The van der Waals surface area contributed by atoms with Crippen LogP contribution in [0.15, 0.2) is 36.4 Å². The second kappa shape index (κ2) is 9.15. The van der Waals surface area contributed by atoms with Crippen LogP contribution in [0.1, 0.15) is 25.8 Å². The quantitative estimate of drug-likeness (QED) is 0.328. The number of benzene rings is 1. The van der Waals surface area contributed by atoms with E-state index in [1.165, 1.54) is 11.0 Å². The molecule has 26 heavy (non-hydrogen) atoms. The van der Waals surface area contributed by atoms with E-state index in [2.05, 4.69) is 11.9 Å². The molecule has 6 nitrogen and oxygen atoms in total. The van der Waals surface area contributed by atoms with Gasteiger partial charge >= 0.3 is 0 Å². The number of hydrogen-bond donors (Lipinski definition) is 1. The van der Waals surface area contributed by atoms with Crippen LogP contribution in [-0.4, -0.2) is 41.6 Å². The molecule has 0 aromatic heterocycles. The molecular weight excluding hydrogens is 352 g/mol. The Morgan fingerprint density at radius 1 is 1.23 bits per heavy atom. The van der Waals surface area contributed by atoms with Crippen molar-refractivity contribution in [2.24, 2.45) is 0 Å². The van der Waals surface area contributed by atoms with Gasteiger partial charge in [-0.3, -0.25) is 19.8 Å². The van der Waals surface area contributed by atoms with E-state index in [9.17, 15) is 9.59 Å². The van der Waals surface area contributed by atoms with Crippen molar-refractivity contribution >= 4 is 35.2 Å². The molecule has 0 saturated carbocycles. The van der Waals surface area contributed by atoms with Crippen molar-refractivity contribution in [3.63, 3.8) is 0 Å². The van der Waals surface area contributed by atoms with Gasteiger partial charge in [0.1, 0.15) is 5.57 Å². The summed E-state index contributed by atoms with van der Waals surface area (Å²) in [4.78, 5) is 26.0. The Bertz CT molecular complexity index is 758. The predicted molar refractivity (Wildman–Crippen MR) is 104 cm³/mol. The molecule has 1 aromatic rings. The highest BCUT2D eigenvalue weighted by atomic mass is 32.1. The fourth-order valence-corrected chi connectivity index (χ4v) is 2.62. The average molecular weight is 374 g/mol. The normalized spacial score (nSPS) is 15.8. The molecule has 0 spiro atoms. The lowest BCUT2D eigenvalue weighted by atomic mass is 10.1. The number of rotatable bonds is 8. The number of carbonyl (C=O) groups excluding carboxylic acids is 2. The molecule has 1 N–H and O–H groups in total. The standard InChI is InChI=1S/C19H22N2O4S/c1-4-9-21-18(23)14(17(22)20-19(21)26)11-13-7-8-15(25-10-5-2)16(12-13)24-6-3/h4,7-8,11-12H,1,5-6,9-10H2,2-3H3,(H,20,22,26). The molecule has 138 valence electrons. The van der Waals surface area contributed by atoms with Crippen LogP contribution >= 0.6 is 12.2 Å². The molecule has 1 saturated heterocycles. The lowest BCUT2D eigenvalue weighted by Gasteiger charge is -2.27. The molecule has 1 aliphatic heterocycles. The van der Waals surface area contributed by atoms with Gasteiger partial charge in [-0.2, -0.15) is 0 Å². The third kappa shape index (κ3) is 4.49. The van der Waals surface area contributed by atoms with Gasteiger partial charge in [-0.25, -0.2) is 0 Å². The highest BCUT2D eigenvalue weighted by Gasteiger charge is 2.32. The van der Waals surface area contributed by atoms with Gasteiger partial charge in [0.25, 0.3) is 11.8 Å². The van der Waals surface area contributed by atoms with Gasteiger partial charge in [-0.05, 0) is 49.3 Å². The van der Waals surface area contributed by atoms with Crippen LogP contribution < -0.4 is 14.8 Å². The molecule has 1 aromatic carbocycles. The molecule has 7 heteroatoms. The maximum atomic E-state index is 12.6. The molecule has 1 fully saturated rings. The highest BCUT2D eigenvalue weighted by molar-refractivity contribution is 7.80. The summed E-state index contributed by atoms with van der Waals surface area (Å²) < 4.78 is 11.3. The summed E-state index contributed by atoms with van der Waals surface area (Å²) in [6.07, 6.45) is 3.94. The number of nitrogens with one attached hydrogen (secondary N) is 1. The van der Waals surface area contributed by atoms with Crippen molar-refractivity contribution < 1.29 is 19.1 Å². The summed E-state index contributed by atoms with van der Waals surface area (Å²) in [5, 5.41) is 2.60. The second-order valence-corrected chi connectivity index (χ2v) is 5.90. The van der Waals surface area contributed by atoms with Crippen LogP contribution in [0.3, 0.4) is 0 Å². The highest BCUT2D eigenvalue weighted by Crippen LogP contribution is 2.30. The fourth-order valence-electron chi connectivity index (χ4n) is 2.37. The Morgan fingerprint density at radius 2 is 2.00 bits per heavy atom. The molecule has 2 amide bonds. The van der Waals surface area contributed by atoms with Gasteiger partial charge in [0.15, 0.2) is 16.6 Å². The molecule has 0 bridgehead atoms. The molecule has 0 unspecified atom stereocenters. The van der Waals surface area contributed by atoms with Crippen LogP contribution in [0.25, 0.3) is 6.08 Å². The Labute approximate surface area is 158 Å². The Morgan fingerprint density at radius 3 is 2.65 bits per heavy atom. The zero-order valence-electron chi connectivity index (χ0n) is 14.9. The summed E-state index contributed by atoms with van der Waals surface area (Å²) in [5.41, 5.74) is 0.660. The minimum absolute atomic E-state index is 0.00475. The Kier molecular flexibility index (Phi) is 6.91. The molecule has 1 aliphatic rings. The summed E-state index contributed by atoms with van der Waals surface area (Å²) in [5.74, 6) is 0.217. The fraction of sp³-hybridized carbons (Fsp3) is 0.316. The largest absolute Gasteiger partial charge is 0.490 e. The number of amides is 2. The zero-order chi connectivity index (χ0) is 19.1. The monoisotopic (exact) mass is 374 g/mol. The topological polar surface area (TPSA) is 67.9 Å². The van der Waals surface area contributed by atoms with Crippen molar-refractivity contribution in [2.45, 2.75) is 20.3 Å². The smallest absolute Gasteiger partial charge is 0.265 e. The van der Waals surface area contributed by atoms with E-state index >= 15 is 0 Å². The van der Waals surface area contributed by atoms with E-state index in [1.807, 2.05) is 13.8 Å².